The molecule has 0 fully saturated rings. The normalized spacial score (nSPS) is 17.1. The molecule has 0 saturated heterocycles. The Balaban J connectivity index is 6.37. The van der Waals surface area contributed by atoms with Crippen LogP contribution in [0.5, 0.6) is 0 Å². The second-order valence-electron chi connectivity index (χ2n) is 12.2. The van der Waals surface area contributed by atoms with Gasteiger partial charge in [0.1, 0.15) is 31.5 Å². The molecule has 0 spiro atoms. The number of ether oxygens (including phenoxy) is 6. The van der Waals surface area contributed by atoms with Crippen molar-refractivity contribution in [3.8, 4) is 0 Å². The molecule has 0 rings (SSSR count). The average molecular weight is 955 g/mol. The van der Waals surface area contributed by atoms with Gasteiger partial charge in [-0.1, -0.05) is 0 Å². The maximum atomic E-state index is 13.6. The van der Waals surface area contributed by atoms with Crippen molar-refractivity contribution in [1.82, 2.24) is 0 Å². The second kappa shape index (κ2) is 21.3. The number of alkyl halides is 19. The summed E-state index contributed by atoms with van der Waals surface area (Å²) in [6.45, 7) is -9.23. The van der Waals surface area contributed by atoms with Crippen molar-refractivity contribution >= 4 is 28.0 Å². The number of carbonyl (C=O) groups excluding carboxylic acids is 3. The molecule has 356 valence electrons. The van der Waals surface area contributed by atoms with Gasteiger partial charge in [-0.15, -0.1) is 0 Å². The molecule has 0 aromatic heterocycles. The summed E-state index contributed by atoms with van der Waals surface area (Å²) in [5.74, 6) is -39.1. The molecule has 32 heteroatoms. The molecule has 6 unspecified atom stereocenters. The molecule has 0 aromatic carbocycles. The third kappa shape index (κ3) is 15.3. The minimum atomic E-state index is -6.80. The van der Waals surface area contributed by atoms with Crippen LogP contribution in [0.15, 0.2) is 0 Å². The third-order valence-corrected chi connectivity index (χ3v) is 8.64. The lowest BCUT2D eigenvalue weighted by Gasteiger charge is -2.28. The van der Waals surface area contributed by atoms with Crippen LogP contribution in [0.1, 0.15) is 27.2 Å². The summed E-state index contributed by atoms with van der Waals surface area (Å²) in [5, 5.41) is -3.20. The smallest absolute Gasteiger partial charge is 0.459 e. The Labute approximate surface area is 325 Å². The van der Waals surface area contributed by atoms with Crippen molar-refractivity contribution in [1.29, 1.82) is 0 Å². The van der Waals surface area contributed by atoms with E-state index in [9.17, 15) is 106 Å². The molecule has 0 heterocycles. The second-order valence-corrected chi connectivity index (χ2v) is 14.1. The van der Waals surface area contributed by atoms with Crippen LogP contribution in [0, 0.1) is 5.92 Å². The number of hydrogen-bond donors (Lipinski definition) is 0. The van der Waals surface area contributed by atoms with E-state index in [2.05, 4.69) is 32.6 Å². The van der Waals surface area contributed by atoms with E-state index in [1.807, 2.05) is 0 Å². The number of rotatable bonds is 26. The van der Waals surface area contributed by atoms with Crippen LogP contribution in [0.4, 0.5) is 83.4 Å². The Bertz CT molecular complexity index is 1510. The van der Waals surface area contributed by atoms with Crippen molar-refractivity contribution in [2.45, 2.75) is 105 Å². The minimum absolute atomic E-state index is 0.297. The highest BCUT2D eigenvalue weighted by atomic mass is 32.2. The summed E-state index contributed by atoms with van der Waals surface area (Å²) in [7, 11) is -5.32. The quantitative estimate of drug-likeness (QED) is 0.0428. The lowest BCUT2D eigenvalue weighted by Crippen LogP contribution is -2.54. The Morgan fingerprint density at radius 3 is 1.38 bits per heavy atom. The highest BCUT2D eigenvalue weighted by Crippen LogP contribution is 2.46. The molecule has 6 atom stereocenters. The van der Waals surface area contributed by atoms with Gasteiger partial charge < -0.3 is 28.4 Å². The van der Waals surface area contributed by atoms with Crippen LogP contribution >= 0.6 is 0 Å². The van der Waals surface area contributed by atoms with Gasteiger partial charge in [-0.25, -0.2) is 13.2 Å². The van der Waals surface area contributed by atoms with Crippen molar-refractivity contribution in [2.24, 2.45) is 5.92 Å². The van der Waals surface area contributed by atoms with E-state index < -0.39 is 158 Å². The zero-order valence-corrected chi connectivity index (χ0v) is 31.3. The van der Waals surface area contributed by atoms with Crippen LogP contribution in [0.3, 0.4) is 0 Å². The predicted molar refractivity (Wildman–Crippen MR) is 155 cm³/mol. The predicted octanol–water partition coefficient (Wildman–Crippen LogP) is 6.09. The molecule has 0 N–H and O–H groups in total. The van der Waals surface area contributed by atoms with E-state index in [0.717, 1.165) is 6.92 Å². The van der Waals surface area contributed by atoms with E-state index >= 15 is 0 Å². The standard InChI is InChI=1S/C28H33F19O12S/c1-12(7-55-10-22(32,33)25(38,39)21(30)31)57-17(48)5-15(19(49)58-14(3)8-56-11-23(34,35)26(40,41)28(45,46)47)18(60(51,52)53-4)20(50)59-13(2)6-54-9-16(29)24(36,37)27(42,43)44/h12-16,18,21H,5-11H2,1-4H3. The fourth-order valence-corrected chi connectivity index (χ4v) is 4.99. The largest absolute Gasteiger partial charge is 0.460 e. The highest BCUT2D eigenvalue weighted by Gasteiger charge is 2.73. The fraction of sp³-hybridized carbons (Fsp3) is 0.893. The van der Waals surface area contributed by atoms with Gasteiger partial charge in [0.15, 0.2) is 11.4 Å². The highest BCUT2D eigenvalue weighted by molar-refractivity contribution is 7.88. The molecule has 0 radical (unpaired) electrons. The Kier molecular flexibility index (Phi) is 20.2. The topological polar surface area (TPSA) is 150 Å². The number of esters is 3. The van der Waals surface area contributed by atoms with Gasteiger partial charge in [0.2, 0.25) is 0 Å². The van der Waals surface area contributed by atoms with E-state index in [4.69, 9.17) is 0 Å². The molecule has 12 nitrogen and oxygen atoms in total. The SMILES string of the molecule is COS(=O)(=O)C(C(=O)OC(C)COCC(F)C(F)(F)C(F)(F)F)C(CC(=O)OC(C)COCC(F)(F)C(F)(F)C(F)F)C(=O)OC(C)COCC(F)(F)C(F)(F)C(F)(F)F. The molecule has 0 amide bonds. The molecular formula is C28H33F19O12S. The van der Waals surface area contributed by atoms with Crippen molar-refractivity contribution in [2.75, 3.05) is 46.8 Å². The van der Waals surface area contributed by atoms with Crippen LogP contribution in [-0.4, -0.2) is 151 Å². The van der Waals surface area contributed by atoms with Gasteiger partial charge in [0, 0.05) is 0 Å². The van der Waals surface area contributed by atoms with Crippen molar-refractivity contribution < 1.29 is 139 Å². The lowest BCUT2D eigenvalue weighted by molar-refractivity contribution is -0.361. The summed E-state index contributed by atoms with van der Waals surface area (Å²) in [4.78, 5) is 39.0. The van der Waals surface area contributed by atoms with Crippen LogP contribution in [0.25, 0.3) is 0 Å². The summed E-state index contributed by atoms with van der Waals surface area (Å²) in [5.41, 5.74) is 0. The molecular weight excluding hydrogens is 921 g/mol. The molecule has 0 bridgehead atoms. The monoisotopic (exact) mass is 954 g/mol. The van der Waals surface area contributed by atoms with Gasteiger partial charge in [-0.2, -0.15) is 78.7 Å². The van der Waals surface area contributed by atoms with Gasteiger partial charge in [-0.05, 0) is 20.8 Å². The van der Waals surface area contributed by atoms with Crippen LogP contribution in [-0.2, 0) is 57.1 Å². The van der Waals surface area contributed by atoms with E-state index in [-0.39, 0.29) is 0 Å². The minimum Gasteiger partial charge on any atom is -0.460 e. The maximum absolute atomic E-state index is 13.6. The van der Waals surface area contributed by atoms with E-state index in [1.54, 1.807) is 0 Å². The summed E-state index contributed by atoms with van der Waals surface area (Å²) < 4.78 is 302. The average Bonchev–Trinajstić information content (AvgIpc) is 3.06. The van der Waals surface area contributed by atoms with Crippen molar-refractivity contribution in [3.63, 3.8) is 0 Å². The Hall–Kier alpha value is -3.13. The van der Waals surface area contributed by atoms with Gasteiger partial charge in [0.25, 0.3) is 10.1 Å². The maximum Gasteiger partial charge on any atom is 0.459 e. The fourth-order valence-electron chi connectivity index (χ4n) is 3.89. The molecule has 0 aliphatic rings. The molecule has 0 aromatic rings. The number of carbonyl (C=O) groups is 3. The Morgan fingerprint density at radius 2 is 0.967 bits per heavy atom. The Morgan fingerprint density at radius 1 is 0.550 bits per heavy atom. The molecule has 0 aliphatic carbocycles. The molecule has 60 heavy (non-hydrogen) atoms. The zero-order valence-electron chi connectivity index (χ0n) is 30.5. The van der Waals surface area contributed by atoms with E-state index in [1.165, 1.54) is 0 Å². The van der Waals surface area contributed by atoms with Crippen LogP contribution in [0.2, 0.25) is 0 Å². The number of halogens is 19. The van der Waals surface area contributed by atoms with E-state index in [0.29, 0.717) is 21.0 Å². The van der Waals surface area contributed by atoms with Crippen molar-refractivity contribution in [3.05, 3.63) is 0 Å². The first-order chi connectivity index (χ1) is 26.7. The summed E-state index contributed by atoms with van der Waals surface area (Å²) in [6, 6.07) is 0. The molecule has 0 saturated carbocycles. The van der Waals surface area contributed by atoms with Gasteiger partial charge in [-0.3, -0.25) is 18.6 Å². The lowest BCUT2D eigenvalue weighted by atomic mass is 10.0. The number of hydrogen-bond acceptors (Lipinski definition) is 12. The first-order valence-electron chi connectivity index (χ1n) is 15.8. The van der Waals surface area contributed by atoms with Gasteiger partial charge >= 0.3 is 66.3 Å². The third-order valence-electron chi connectivity index (χ3n) is 7.03. The summed E-state index contributed by atoms with van der Waals surface area (Å²) in [6.07, 6.45) is -29.8. The first kappa shape index (κ1) is 56.9. The molecule has 0 aliphatic heterocycles. The summed E-state index contributed by atoms with van der Waals surface area (Å²) >= 11 is 0. The zero-order chi connectivity index (χ0) is 47.7. The van der Waals surface area contributed by atoms with Crippen LogP contribution < -0.4 is 0 Å². The first-order valence-corrected chi connectivity index (χ1v) is 17.3. The van der Waals surface area contributed by atoms with Gasteiger partial charge in [0.05, 0.1) is 45.9 Å².